The van der Waals surface area contributed by atoms with Gasteiger partial charge in [-0.3, -0.25) is 9.59 Å². The van der Waals surface area contributed by atoms with Gasteiger partial charge in [-0.2, -0.15) is 0 Å². The van der Waals surface area contributed by atoms with Crippen LogP contribution < -0.4 is 5.32 Å². The molecule has 2 rings (SSSR count). The van der Waals surface area contributed by atoms with Gasteiger partial charge in [0.2, 0.25) is 5.91 Å². The van der Waals surface area contributed by atoms with E-state index in [9.17, 15) is 14.4 Å². The summed E-state index contributed by atoms with van der Waals surface area (Å²) < 4.78 is 4.87. The maximum absolute atomic E-state index is 12.8. The van der Waals surface area contributed by atoms with Gasteiger partial charge in [0.25, 0.3) is 5.91 Å². The van der Waals surface area contributed by atoms with Crippen molar-refractivity contribution < 1.29 is 19.1 Å². The Balaban J connectivity index is 1.94. The van der Waals surface area contributed by atoms with Crippen LogP contribution in [0.2, 0.25) is 0 Å². The van der Waals surface area contributed by atoms with E-state index in [1.807, 2.05) is 54.6 Å². The first-order chi connectivity index (χ1) is 14.9. The minimum absolute atomic E-state index is 0.128. The number of nitrogens with zero attached hydrogens (tertiary/aromatic N) is 1. The molecule has 1 aliphatic carbocycles. The zero-order chi connectivity index (χ0) is 22.6. The van der Waals surface area contributed by atoms with Crippen LogP contribution in [0, 0.1) is 0 Å². The number of ether oxygens (including phenoxy) is 1. The number of amides is 2. The molecular formula is C25H32N2O4. The summed E-state index contributed by atoms with van der Waals surface area (Å²) in [5, 5.41) is 2.81. The summed E-state index contributed by atoms with van der Waals surface area (Å²) >= 11 is 0. The van der Waals surface area contributed by atoms with Crippen LogP contribution in [0.15, 0.2) is 65.8 Å². The fourth-order valence-electron chi connectivity index (χ4n) is 3.27. The molecule has 0 radical (unpaired) electrons. The average molecular weight is 425 g/mol. The number of allylic oxidation sites excluding steroid dienone is 4. The summed E-state index contributed by atoms with van der Waals surface area (Å²) in [5.74, 6) is -0.624. The van der Waals surface area contributed by atoms with E-state index in [4.69, 9.17) is 4.74 Å². The minimum atomic E-state index is -0.746. The molecule has 1 aromatic rings. The maximum atomic E-state index is 12.8. The van der Waals surface area contributed by atoms with Crippen LogP contribution in [-0.2, 0) is 25.5 Å². The highest BCUT2D eigenvalue weighted by Crippen LogP contribution is 2.19. The highest BCUT2D eigenvalue weighted by molar-refractivity contribution is 5.99. The summed E-state index contributed by atoms with van der Waals surface area (Å²) in [6.07, 6.45) is 11.9. The van der Waals surface area contributed by atoms with E-state index in [-0.39, 0.29) is 11.8 Å². The largest absolute Gasteiger partial charge is 0.467 e. The number of hydrogen-bond donors (Lipinski definition) is 1. The van der Waals surface area contributed by atoms with Crippen LogP contribution in [0.1, 0.15) is 37.7 Å². The van der Waals surface area contributed by atoms with Gasteiger partial charge in [-0.25, -0.2) is 4.79 Å². The first-order valence-corrected chi connectivity index (χ1v) is 10.6. The molecule has 1 N–H and O–H groups in total. The van der Waals surface area contributed by atoms with E-state index in [0.717, 1.165) is 36.8 Å². The molecule has 0 heterocycles. The highest BCUT2D eigenvalue weighted by Gasteiger charge is 2.23. The molecule has 31 heavy (non-hydrogen) atoms. The number of benzene rings is 1. The van der Waals surface area contributed by atoms with Crippen molar-refractivity contribution in [2.24, 2.45) is 0 Å². The van der Waals surface area contributed by atoms with Crippen molar-refractivity contribution in [1.82, 2.24) is 10.2 Å². The second kappa shape index (κ2) is 12.5. The lowest BCUT2D eigenvalue weighted by Gasteiger charge is -2.18. The van der Waals surface area contributed by atoms with Crippen molar-refractivity contribution in [1.29, 1.82) is 0 Å². The van der Waals surface area contributed by atoms with Crippen molar-refractivity contribution >= 4 is 17.8 Å². The first-order valence-electron chi connectivity index (χ1n) is 10.6. The fourth-order valence-corrected chi connectivity index (χ4v) is 3.27. The van der Waals surface area contributed by atoms with Crippen LogP contribution in [0.3, 0.4) is 0 Å². The lowest BCUT2D eigenvalue weighted by Crippen LogP contribution is -2.43. The monoisotopic (exact) mass is 424 g/mol. The molecule has 0 fully saturated rings. The Morgan fingerprint density at radius 2 is 1.94 bits per heavy atom. The number of carbonyl (C=O) groups is 3. The highest BCUT2D eigenvalue weighted by atomic mass is 16.5. The van der Waals surface area contributed by atoms with Crippen molar-refractivity contribution in [2.45, 2.75) is 44.6 Å². The Bertz CT molecular complexity index is 854. The second-order valence-corrected chi connectivity index (χ2v) is 7.74. The summed E-state index contributed by atoms with van der Waals surface area (Å²) in [4.78, 5) is 38.2. The van der Waals surface area contributed by atoms with Crippen LogP contribution in [0.5, 0.6) is 0 Å². The summed E-state index contributed by atoms with van der Waals surface area (Å²) in [6, 6.07) is 8.78. The summed E-state index contributed by atoms with van der Waals surface area (Å²) in [5.41, 5.74) is 2.56. The van der Waals surface area contributed by atoms with Gasteiger partial charge in [0.05, 0.1) is 7.11 Å². The molecule has 6 nitrogen and oxygen atoms in total. The number of esters is 1. The third kappa shape index (κ3) is 8.24. The zero-order valence-corrected chi connectivity index (χ0v) is 18.6. The molecule has 0 aromatic heterocycles. The van der Waals surface area contributed by atoms with E-state index in [1.54, 1.807) is 19.0 Å². The number of nitrogens with one attached hydrogen (secondary N) is 1. The Morgan fingerprint density at radius 3 is 2.61 bits per heavy atom. The fraction of sp³-hybridized carbons (Fsp3) is 0.400. The van der Waals surface area contributed by atoms with Gasteiger partial charge < -0.3 is 15.0 Å². The molecule has 2 amide bonds. The van der Waals surface area contributed by atoms with Crippen LogP contribution in [0.4, 0.5) is 0 Å². The quantitative estimate of drug-likeness (QED) is 0.462. The van der Waals surface area contributed by atoms with Crippen LogP contribution >= 0.6 is 0 Å². The molecular weight excluding hydrogens is 392 g/mol. The molecule has 6 heteroatoms. The van der Waals surface area contributed by atoms with Crippen molar-refractivity contribution in [3.05, 3.63) is 71.3 Å². The van der Waals surface area contributed by atoms with Gasteiger partial charge in [0.15, 0.2) is 0 Å². The third-order valence-electron chi connectivity index (χ3n) is 5.07. The number of methoxy groups -OCH3 is 1. The third-order valence-corrected chi connectivity index (χ3v) is 5.07. The SMILES string of the molecule is COC(=O)[C@@H](Cc1ccccc1)NC(=O)C1=CCCC(/C=C\CCCC(=O)N(C)C)=C1. The molecule has 0 aliphatic heterocycles. The molecule has 1 aromatic carbocycles. The molecule has 0 unspecified atom stereocenters. The maximum Gasteiger partial charge on any atom is 0.328 e. The number of rotatable bonds is 10. The smallest absolute Gasteiger partial charge is 0.328 e. The van der Waals surface area contributed by atoms with Crippen molar-refractivity contribution in [3.63, 3.8) is 0 Å². The molecule has 0 saturated carbocycles. The van der Waals surface area contributed by atoms with Crippen LogP contribution in [-0.4, -0.2) is 49.9 Å². The van der Waals surface area contributed by atoms with Gasteiger partial charge in [-0.05, 0) is 42.9 Å². The zero-order valence-electron chi connectivity index (χ0n) is 18.6. The molecule has 1 atom stereocenters. The summed E-state index contributed by atoms with van der Waals surface area (Å²) in [7, 11) is 4.84. The standard InChI is InChI=1S/C25H32N2O4/c1-27(2)23(28)16-9-5-8-11-19-14-10-15-21(17-19)24(29)26-22(25(30)31-3)18-20-12-6-4-7-13-20/h4,6-8,11-13,15,17,22H,5,9-10,14,16,18H2,1-3H3,(H,26,29)/b11-8-/t22-/m1/s1. The van der Waals surface area contributed by atoms with Gasteiger partial charge in [-0.15, -0.1) is 0 Å². The molecule has 0 spiro atoms. The molecule has 0 bridgehead atoms. The van der Waals surface area contributed by atoms with Gasteiger partial charge in [0, 0.05) is 32.5 Å². The predicted octanol–water partition coefficient (Wildman–Crippen LogP) is 3.35. The van der Waals surface area contributed by atoms with Crippen molar-refractivity contribution in [2.75, 3.05) is 21.2 Å². The molecule has 166 valence electrons. The Morgan fingerprint density at radius 1 is 1.19 bits per heavy atom. The number of hydrogen-bond acceptors (Lipinski definition) is 4. The summed E-state index contributed by atoms with van der Waals surface area (Å²) in [6.45, 7) is 0. The second-order valence-electron chi connectivity index (χ2n) is 7.74. The minimum Gasteiger partial charge on any atom is -0.467 e. The normalized spacial score (nSPS) is 14.4. The Hall–Kier alpha value is -3.15. The van der Waals surface area contributed by atoms with E-state index < -0.39 is 12.0 Å². The van der Waals surface area contributed by atoms with E-state index in [0.29, 0.717) is 18.4 Å². The molecule has 1 aliphatic rings. The Labute approximate surface area is 184 Å². The Kier molecular flexibility index (Phi) is 9.75. The van der Waals surface area contributed by atoms with Gasteiger partial charge in [0.1, 0.15) is 6.04 Å². The predicted molar refractivity (Wildman–Crippen MR) is 121 cm³/mol. The topological polar surface area (TPSA) is 75.7 Å². The lowest BCUT2D eigenvalue weighted by atomic mass is 9.97. The van der Waals surface area contributed by atoms with Crippen molar-refractivity contribution in [3.8, 4) is 0 Å². The first kappa shape index (κ1) is 24.1. The lowest BCUT2D eigenvalue weighted by molar-refractivity contribution is -0.144. The van der Waals surface area contributed by atoms with E-state index in [2.05, 4.69) is 5.32 Å². The molecule has 0 saturated heterocycles. The average Bonchev–Trinajstić information content (AvgIpc) is 2.78. The van der Waals surface area contributed by atoms with E-state index in [1.165, 1.54) is 7.11 Å². The number of carbonyl (C=O) groups excluding carboxylic acids is 3. The van der Waals surface area contributed by atoms with Crippen LogP contribution in [0.25, 0.3) is 0 Å². The van der Waals surface area contributed by atoms with Gasteiger partial charge >= 0.3 is 5.97 Å². The van der Waals surface area contributed by atoms with E-state index >= 15 is 0 Å². The van der Waals surface area contributed by atoms with Gasteiger partial charge in [-0.1, -0.05) is 48.6 Å². The number of unbranched alkanes of at least 4 members (excludes halogenated alkanes) is 1.